The molecule has 2 nitrogen and oxygen atoms in total. The minimum Gasteiger partial charge on any atom is -0.375 e. The van der Waals surface area contributed by atoms with Gasteiger partial charge in [0.25, 0.3) is 0 Å². The third-order valence-electron chi connectivity index (χ3n) is 2.03. The van der Waals surface area contributed by atoms with E-state index in [1.165, 1.54) is 4.88 Å². The molecule has 0 unspecified atom stereocenters. The summed E-state index contributed by atoms with van der Waals surface area (Å²) in [5, 5.41) is 5.29. The zero-order valence-electron chi connectivity index (χ0n) is 6.95. The summed E-state index contributed by atoms with van der Waals surface area (Å²) in [7, 11) is 0. The molecule has 2 heterocycles. The van der Waals surface area contributed by atoms with Crippen molar-refractivity contribution in [3.05, 3.63) is 22.4 Å². The zero-order chi connectivity index (χ0) is 8.23. The molecule has 2 rings (SSSR count). The van der Waals surface area contributed by atoms with Crippen LogP contribution in [0.25, 0.3) is 0 Å². The van der Waals surface area contributed by atoms with E-state index in [0.29, 0.717) is 6.10 Å². The first-order valence-corrected chi connectivity index (χ1v) is 5.18. The lowest BCUT2D eigenvalue weighted by Crippen LogP contribution is -2.48. The normalized spacial score (nSPS) is 17.7. The SMILES string of the molecule is c1csc(CCOC2CNC2)c1. The molecule has 1 aromatic heterocycles. The predicted octanol–water partition coefficient (Wildman–Crippen LogP) is 1.28. The van der Waals surface area contributed by atoms with E-state index in [1.807, 2.05) is 0 Å². The summed E-state index contributed by atoms with van der Waals surface area (Å²) in [6.45, 7) is 2.93. The lowest BCUT2D eigenvalue weighted by Gasteiger charge is -2.26. The maximum Gasteiger partial charge on any atom is 0.0823 e. The van der Waals surface area contributed by atoms with E-state index in [2.05, 4.69) is 22.8 Å². The van der Waals surface area contributed by atoms with E-state index in [4.69, 9.17) is 4.74 Å². The van der Waals surface area contributed by atoms with E-state index < -0.39 is 0 Å². The van der Waals surface area contributed by atoms with E-state index in [1.54, 1.807) is 11.3 Å². The summed E-state index contributed by atoms with van der Waals surface area (Å²) < 4.78 is 5.60. The third kappa shape index (κ3) is 2.06. The average molecular weight is 183 g/mol. The number of hydrogen-bond donors (Lipinski definition) is 1. The van der Waals surface area contributed by atoms with Crippen molar-refractivity contribution >= 4 is 11.3 Å². The molecule has 66 valence electrons. The molecule has 3 heteroatoms. The maximum atomic E-state index is 5.60. The molecule has 0 radical (unpaired) electrons. The van der Waals surface area contributed by atoms with E-state index in [0.717, 1.165) is 26.1 Å². The van der Waals surface area contributed by atoms with Gasteiger partial charge in [0.05, 0.1) is 12.7 Å². The highest BCUT2D eigenvalue weighted by molar-refractivity contribution is 7.09. The predicted molar refractivity (Wildman–Crippen MR) is 50.6 cm³/mol. The molecule has 1 N–H and O–H groups in total. The number of nitrogens with one attached hydrogen (secondary N) is 1. The molecule has 0 atom stereocenters. The van der Waals surface area contributed by atoms with E-state index in [-0.39, 0.29) is 0 Å². The number of rotatable bonds is 4. The second kappa shape index (κ2) is 4.03. The Balaban J connectivity index is 1.62. The standard InChI is InChI=1S/C9H13NOS/c1-2-9(12-5-1)3-4-11-8-6-10-7-8/h1-2,5,8,10H,3-4,6-7H2. The fourth-order valence-corrected chi connectivity index (χ4v) is 1.85. The minimum absolute atomic E-state index is 0.477. The van der Waals surface area contributed by atoms with Crippen LogP contribution in [-0.2, 0) is 11.2 Å². The molecule has 1 aliphatic heterocycles. The van der Waals surface area contributed by atoms with Gasteiger partial charge >= 0.3 is 0 Å². The first-order chi connectivity index (χ1) is 5.95. The van der Waals surface area contributed by atoms with Gasteiger partial charge in [0.15, 0.2) is 0 Å². The van der Waals surface area contributed by atoms with Gasteiger partial charge in [0.1, 0.15) is 0 Å². The molecule has 1 aromatic rings. The largest absolute Gasteiger partial charge is 0.375 e. The van der Waals surface area contributed by atoms with Gasteiger partial charge in [-0.05, 0) is 11.4 Å². The van der Waals surface area contributed by atoms with Crippen molar-refractivity contribution in [2.45, 2.75) is 12.5 Å². The Morgan fingerprint density at radius 3 is 3.08 bits per heavy atom. The van der Waals surface area contributed by atoms with Gasteiger partial charge in [-0.25, -0.2) is 0 Å². The summed E-state index contributed by atoms with van der Waals surface area (Å²) in [4.78, 5) is 1.42. The Morgan fingerprint density at radius 2 is 2.50 bits per heavy atom. The second-order valence-corrected chi connectivity index (χ2v) is 4.01. The van der Waals surface area contributed by atoms with Crippen molar-refractivity contribution in [3.8, 4) is 0 Å². The number of hydrogen-bond acceptors (Lipinski definition) is 3. The Labute approximate surface area is 76.6 Å². The third-order valence-corrected chi connectivity index (χ3v) is 2.96. The Hall–Kier alpha value is -0.380. The van der Waals surface area contributed by atoms with Crippen LogP contribution in [0.4, 0.5) is 0 Å². The molecule has 12 heavy (non-hydrogen) atoms. The van der Waals surface area contributed by atoms with Gasteiger partial charge in [-0.3, -0.25) is 0 Å². The van der Waals surface area contributed by atoms with Gasteiger partial charge < -0.3 is 10.1 Å². The summed E-state index contributed by atoms with van der Waals surface area (Å²) in [6.07, 6.45) is 1.54. The lowest BCUT2D eigenvalue weighted by atomic mass is 10.2. The van der Waals surface area contributed by atoms with Crippen LogP contribution in [0.2, 0.25) is 0 Å². The first kappa shape index (κ1) is 8.23. The van der Waals surface area contributed by atoms with Crippen LogP contribution in [-0.4, -0.2) is 25.8 Å². The molecule has 0 amide bonds. The number of thiophene rings is 1. The minimum atomic E-state index is 0.477. The quantitative estimate of drug-likeness (QED) is 0.759. The van der Waals surface area contributed by atoms with Crippen LogP contribution >= 0.6 is 11.3 Å². The highest BCUT2D eigenvalue weighted by atomic mass is 32.1. The molecule has 0 aromatic carbocycles. The fourth-order valence-electron chi connectivity index (χ4n) is 1.16. The van der Waals surface area contributed by atoms with E-state index in [9.17, 15) is 0 Å². The van der Waals surface area contributed by atoms with Crippen molar-refractivity contribution in [1.82, 2.24) is 5.32 Å². The molecule has 0 spiro atoms. The average Bonchev–Trinajstić information content (AvgIpc) is 2.46. The lowest BCUT2D eigenvalue weighted by molar-refractivity contribution is 0.0210. The van der Waals surface area contributed by atoms with Crippen molar-refractivity contribution in [2.75, 3.05) is 19.7 Å². The van der Waals surface area contributed by atoms with Crippen molar-refractivity contribution in [3.63, 3.8) is 0 Å². The van der Waals surface area contributed by atoms with E-state index >= 15 is 0 Å². The Morgan fingerprint density at radius 1 is 1.58 bits per heavy atom. The first-order valence-electron chi connectivity index (χ1n) is 4.30. The van der Waals surface area contributed by atoms with Crippen LogP contribution in [0.1, 0.15) is 4.88 Å². The van der Waals surface area contributed by atoms with Crippen LogP contribution in [0.5, 0.6) is 0 Å². The van der Waals surface area contributed by atoms with Crippen molar-refractivity contribution in [1.29, 1.82) is 0 Å². The summed E-state index contributed by atoms with van der Waals surface area (Å²) in [5.41, 5.74) is 0. The van der Waals surface area contributed by atoms with Gasteiger partial charge in [-0.15, -0.1) is 11.3 Å². The molecule has 0 aliphatic carbocycles. The molecular formula is C9H13NOS. The molecule has 0 saturated carbocycles. The zero-order valence-corrected chi connectivity index (χ0v) is 7.77. The summed E-state index contributed by atoms with van der Waals surface area (Å²) >= 11 is 1.80. The highest BCUT2D eigenvalue weighted by Crippen LogP contribution is 2.09. The Bertz CT molecular complexity index is 218. The molecule has 1 aliphatic rings. The highest BCUT2D eigenvalue weighted by Gasteiger charge is 2.16. The Kier molecular flexibility index (Phi) is 2.76. The molecule has 1 fully saturated rings. The maximum absolute atomic E-state index is 5.60. The molecular weight excluding hydrogens is 170 g/mol. The molecule has 1 saturated heterocycles. The van der Waals surface area contributed by atoms with Gasteiger partial charge in [-0.2, -0.15) is 0 Å². The summed E-state index contributed by atoms with van der Waals surface area (Å²) in [5.74, 6) is 0. The van der Waals surface area contributed by atoms with Crippen LogP contribution in [0, 0.1) is 0 Å². The van der Waals surface area contributed by atoms with Crippen LogP contribution < -0.4 is 5.32 Å². The van der Waals surface area contributed by atoms with Gasteiger partial charge in [0, 0.05) is 24.4 Å². The van der Waals surface area contributed by atoms with Crippen LogP contribution in [0.15, 0.2) is 17.5 Å². The van der Waals surface area contributed by atoms with Crippen molar-refractivity contribution in [2.24, 2.45) is 0 Å². The van der Waals surface area contributed by atoms with Crippen molar-refractivity contribution < 1.29 is 4.74 Å². The monoisotopic (exact) mass is 183 g/mol. The summed E-state index contributed by atoms with van der Waals surface area (Å²) in [6, 6.07) is 4.25. The fraction of sp³-hybridized carbons (Fsp3) is 0.556. The topological polar surface area (TPSA) is 21.3 Å². The van der Waals surface area contributed by atoms with Crippen LogP contribution in [0.3, 0.4) is 0 Å². The van der Waals surface area contributed by atoms with Gasteiger partial charge in [-0.1, -0.05) is 6.07 Å². The molecule has 0 bridgehead atoms. The second-order valence-electron chi connectivity index (χ2n) is 2.98. The smallest absolute Gasteiger partial charge is 0.0823 e. The van der Waals surface area contributed by atoms with Gasteiger partial charge in [0.2, 0.25) is 0 Å². The number of ether oxygens (including phenoxy) is 1.